The maximum Gasteiger partial charge on any atom is 0.240 e. The van der Waals surface area contributed by atoms with E-state index in [1.165, 1.54) is 17.7 Å². The van der Waals surface area contributed by atoms with Gasteiger partial charge in [-0.15, -0.1) is 0 Å². The predicted molar refractivity (Wildman–Crippen MR) is 97.0 cm³/mol. The van der Waals surface area contributed by atoms with Crippen LogP contribution < -0.4 is 9.46 Å². The van der Waals surface area contributed by atoms with Crippen molar-refractivity contribution in [3.05, 3.63) is 59.4 Å². The van der Waals surface area contributed by atoms with Gasteiger partial charge in [-0.2, -0.15) is 0 Å². The fourth-order valence-corrected chi connectivity index (χ4v) is 3.63. The van der Waals surface area contributed by atoms with Crippen LogP contribution in [-0.2, 0) is 15.4 Å². The topological polar surface area (TPSA) is 55.4 Å². The first-order valence-electron chi connectivity index (χ1n) is 8.09. The summed E-state index contributed by atoms with van der Waals surface area (Å²) < 4.78 is 45.6. The average Bonchev–Trinajstić information content (AvgIpc) is 2.51. The van der Waals surface area contributed by atoms with Crippen molar-refractivity contribution in [1.29, 1.82) is 0 Å². The third kappa shape index (κ3) is 5.28. The molecule has 0 unspecified atom stereocenters. The van der Waals surface area contributed by atoms with Gasteiger partial charge >= 0.3 is 0 Å². The zero-order valence-electron chi connectivity index (χ0n) is 15.0. The van der Waals surface area contributed by atoms with Gasteiger partial charge in [0.25, 0.3) is 0 Å². The highest BCUT2D eigenvalue weighted by Gasteiger charge is 2.17. The van der Waals surface area contributed by atoms with Crippen molar-refractivity contribution in [2.45, 2.75) is 38.0 Å². The zero-order valence-corrected chi connectivity index (χ0v) is 15.8. The Morgan fingerprint density at radius 1 is 1.08 bits per heavy atom. The van der Waals surface area contributed by atoms with Crippen molar-refractivity contribution >= 4 is 10.0 Å². The zero-order chi connectivity index (χ0) is 18.7. The standard InChI is InChI=1S/C19H24FNO3S/c1-14-13-16(20)7-10-18(14)25(22,23)21-11-12-24-17-8-5-15(6-9-17)19(2,3)4/h5-10,13,21H,11-12H2,1-4H3. The number of rotatable bonds is 6. The monoisotopic (exact) mass is 365 g/mol. The summed E-state index contributed by atoms with van der Waals surface area (Å²) in [7, 11) is -3.68. The molecule has 0 atom stereocenters. The van der Waals surface area contributed by atoms with Crippen LogP contribution in [0.4, 0.5) is 4.39 Å². The van der Waals surface area contributed by atoms with E-state index in [-0.39, 0.29) is 23.5 Å². The van der Waals surface area contributed by atoms with Crippen LogP contribution in [0, 0.1) is 12.7 Å². The third-order valence-corrected chi connectivity index (χ3v) is 5.43. The van der Waals surface area contributed by atoms with Crippen LogP contribution in [0.25, 0.3) is 0 Å². The average molecular weight is 365 g/mol. The molecule has 0 spiro atoms. The molecule has 0 aliphatic rings. The van der Waals surface area contributed by atoms with Gasteiger partial charge in [-0.1, -0.05) is 32.9 Å². The molecule has 0 aliphatic heterocycles. The van der Waals surface area contributed by atoms with Gasteiger partial charge in [0, 0.05) is 6.54 Å². The maximum absolute atomic E-state index is 13.1. The fraction of sp³-hybridized carbons (Fsp3) is 0.368. The van der Waals surface area contributed by atoms with Gasteiger partial charge in [0.1, 0.15) is 18.2 Å². The van der Waals surface area contributed by atoms with Crippen LogP contribution in [-0.4, -0.2) is 21.6 Å². The lowest BCUT2D eigenvalue weighted by molar-refractivity contribution is 0.322. The summed E-state index contributed by atoms with van der Waals surface area (Å²) in [5.74, 6) is 0.226. The lowest BCUT2D eigenvalue weighted by Gasteiger charge is -2.19. The molecule has 0 saturated heterocycles. The summed E-state index contributed by atoms with van der Waals surface area (Å²) in [6.07, 6.45) is 0. The quantitative estimate of drug-likeness (QED) is 0.793. The number of hydrogen-bond acceptors (Lipinski definition) is 3. The van der Waals surface area contributed by atoms with Crippen molar-refractivity contribution in [3.8, 4) is 5.75 Å². The van der Waals surface area contributed by atoms with Crippen LogP contribution >= 0.6 is 0 Å². The van der Waals surface area contributed by atoms with Crippen molar-refractivity contribution in [3.63, 3.8) is 0 Å². The molecule has 0 amide bonds. The highest BCUT2D eigenvalue weighted by Crippen LogP contribution is 2.24. The second-order valence-corrected chi connectivity index (χ2v) is 8.67. The smallest absolute Gasteiger partial charge is 0.240 e. The third-order valence-electron chi connectivity index (χ3n) is 3.81. The van der Waals surface area contributed by atoms with Gasteiger partial charge in [-0.05, 0) is 53.8 Å². The Labute approximate surface area is 149 Å². The predicted octanol–water partition coefficient (Wildman–Crippen LogP) is 3.79. The summed E-state index contributed by atoms with van der Waals surface area (Å²) in [5.41, 5.74) is 1.64. The summed E-state index contributed by atoms with van der Waals surface area (Å²) in [6.45, 7) is 8.29. The lowest BCUT2D eigenvalue weighted by atomic mass is 9.87. The Hall–Kier alpha value is -1.92. The van der Waals surface area contributed by atoms with Crippen LogP contribution in [0.15, 0.2) is 47.4 Å². The molecule has 6 heteroatoms. The molecule has 0 saturated carbocycles. The van der Waals surface area contributed by atoms with E-state index in [1.807, 2.05) is 24.3 Å². The van der Waals surface area contributed by atoms with Crippen LogP contribution in [0.2, 0.25) is 0 Å². The van der Waals surface area contributed by atoms with Crippen LogP contribution in [0.1, 0.15) is 31.9 Å². The Kier molecular flexibility index (Phi) is 5.85. The van der Waals surface area contributed by atoms with Crippen LogP contribution in [0.5, 0.6) is 5.75 Å². The molecule has 4 nitrogen and oxygen atoms in total. The van der Waals surface area contributed by atoms with E-state index >= 15 is 0 Å². The molecule has 2 aromatic carbocycles. The first kappa shape index (κ1) is 19.4. The van der Waals surface area contributed by atoms with E-state index in [9.17, 15) is 12.8 Å². The van der Waals surface area contributed by atoms with Gasteiger partial charge in [0.15, 0.2) is 0 Å². The molecule has 0 aliphatic carbocycles. The molecule has 25 heavy (non-hydrogen) atoms. The molecule has 0 bridgehead atoms. The number of nitrogens with one attached hydrogen (secondary N) is 1. The molecule has 0 radical (unpaired) electrons. The number of benzene rings is 2. The first-order chi connectivity index (χ1) is 11.6. The largest absolute Gasteiger partial charge is 0.492 e. The Morgan fingerprint density at radius 2 is 1.72 bits per heavy atom. The summed E-state index contributed by atoms with van der Waals surface area (Å²) in [6, 6.07) is 11.3. The number of ether oxygens (including phenoxy) is 1. The highest BCUT2D eigenvalue weighted by molar-refractivity contribution is 7.89. The van der Waals surface area contributed by atoms with E-state index < -0.39 is 15.8 Å². The summed E-state index contributed by atoms with van der Waals surface area (Å²) in [5, 5.41) is 0. The Balaban J connectivity index is 1.90. The van der Waals surface area contributed by atoms with E-state index in [2.05, 4.69) is 25.5 Å². The molecule has 0 fully saturated rings. The Morgan fingerprint density at radius 3 is 2.28 bits per heavy atom. The van der Waals surface area contributed by atoms with Gasteiger partial charge in [0.05, 0.1) is 4.90 Å². The lowest BCUT2D eigenvalue weighted by Crippen LogP contribution is -2.28. The van der Waals surface area contributed by atoms with Crippen molar-refractivity contribution in [2.75, 3.05) is 13.2 Å². The molecular weight excluding hydrogens is 341 g/mol. The van der Waals surface area contributed by atoms with Gasteiger partial charge in [-0.25, -0.2) is 17.5 Å². The molecule has 136 valence electrons. The van der Waals surface area contributed by atoms with Crippen molar-refractivity contribution in [2.24, 2.45) is 0 Å². The molecule has 0 aromatic heterocycles. The number of hydrogen-bond donors (Lipinski definition) is 1. The van der Waals surface area contributed by atoms with Gasteiger partial charge in [-0.3, -0.25) is 0 Å². The number of sulfonamides is 1. The van der Waals surface area contributed by atoms with Gasteiger partial charge < -0.3 is 4.74 Å². The second-order valence-electron chi connectivity index (χ2n) is 6.93. The molecule has 1 N–H and O–H groups in total. The minimum atomic E-state index is -3.68. The van der Waals surface area contributed by atoms with Crippen LogP contribution in [0.3, 0.4) is 0 Å². The van der Waals surface area contributed by atoms with Crippen molar-refractivity contribution in [1.82, 2.24) is 4.72 Å². The second kappa shape index (κ2) is 7.54. The van der Waals surface area contributed by atoms with Crippen molar-refractivity contribution < 1.29 is 17.5 Å². The highest BCUT2D eigenvalue weighted by atomic mass is 32.2. The summed E-state index contributed by atoms with van der Waals surface area (Å²) in [4.78, 5) is 0.0726. The van der Waals surface area contributed by atoms with Gasteiger partial charge in [0.2, 0.25) is 10.0 Å². The fourth-order valence-electron chi connectivity index (χ4n) is 2.39. The maximum atomic E-state index is 13.1. The molecule has 0 heterocycles. The molecule has 2 rings (SSSR count). The normalized spacial score (nSPS) is 12.2. The Bertz CT molecular complexity index is 825. The van der Waals surface area contributed by atoms with E-state index in [4.69, 9.17) is 4.74 Å². The number of aryl methyl sites for hydroxylation is 1. The molecular formula is C19H24FNO3S. The number of halogens is 1. The SMILES string of the molecule is Cc1cc(F)ccc1S(=O)(=O)NCCOc1ccc(C(C)(C)C)cc1. The summed E-state index contributed by atoms with van der Waals surface area (Å²) >= 11 is 0. The molecule has 2 aromatic rings. The van der Waals surface area contributed by atoms with E-state index in [0.717, 1.165) is 6.07 Å². The first-order valence-corrected chi connectivity index (χ1v) is 9.57. The minimum absolute atomic E-state index is 0.0706. The minimum Gasteiger partial charge on any atom is -0.492 e. The van der Waals surface area contributed by atoms with E-state index in [1.54, 1.807) is 6.92 Å². The van der Waals surface area contributed by atoms with E-state index in [0.29, 0.717) is 11.3 Å².